The normalized spacial score (nSPS) is 17.8. The summed E-state index contributed by atoms with van der Waals surface area (Å²) in [5.74, 6) is -0.0910. The van der Waals surface area contributed by atoms with Gasteiger partial charge in [-0.2, -0.15) is 0 Å². The van der Waals surface area contributed by atoms with Gasteiger partial charge in [0.2, 0.25) is 0 Å². The number of aromatic nitrogens is 4. The van der Waals surface area contributed by atoms with Gasteiger partial charge in [-0.15, -0.1) is 0 Å². The number of aryl methyl sites for hydroxylation is 3. The van der Waals surface area contributed by atoms with E-state index in [1.165, 1.54) is 6.20 Å². The van der Waals surface area contributed by atoms with Crippen LogP contribution in [-0.2, 0) is 11.2 Å². The van der Waals surface area contributed by atoms with Crippen molar-refractivity contribution in [2.45, 2.75) is 32.7 Å². The number of amides is 1. The Morgan fingerprint density at radius 1 is 1.21 bits per heavy atom. The lowest BCUT2D eigenvalue weighted by Gasteiger charge is -2.35. The molecular weight excluding hydrogens is 306 g/mol. The van der Waals surface area contributed by atoms with Gasteiger partial charge >= 0.3 is 0 Å². The highest BCUT2D eigenvalue weighted by Gasteiger charge is 2.29. The summed E-state index contributed by atoms with van der Waals surface area (Å²) in [6.07, 6.45) is 8.09. The molecule has 0 N–H and O–H groups in total. The van der Waals surface area contributed by atoms with Gasteiger partial charge in [0.05, 0.1) is 42.5 Å². The molecule has 3 rings (SSSR count). The molecule has 1 amide bonds. The van der Waals surface area contributed by atoms with Crippen LogP contribution in [0.5, 0.6) is 0 Å². The molecule has 24 heavy (non-hydrogen) atoms. The lowest BCUT2D eigenvalue weighted by Crippen LogP contribution is -2.49. The highest BCUT2D eigenvalue weighted by molar-refractivity contribution is 5.92. The first kappa shape index (κ1) is 16.4. The summed E-state index contributed by atoms with van der Waals surface area (Å²) in [5, 5.41) is 0. The first-order valence-corrected chi connectivity index (χ1v) is 8.09. The molecule has 7 nitrogen and oxygen atoms in total. The highest BCUT2D eigenvalue weighted by Crippen LogP contribution is 2.16. The van der Waals surface area contributed by atoms with Crippen molar-refractivity contribution in [2.24, 2.45) is 0 Å². The second kappa shape index (κ2) is 7.44. The van der Waals surface area contributed by atoms with Crippen molar-refractivity contribution in [3.63, 3.8) is 0 Å². The van der Waals surface area contributed by atoms with Crippen molar-refractivity contribution in [1.29, 1.82) is 0 Å². The lowest BCUT2D eigenvalue weighted by atomic mass is 10.1. The Balaban J connectivity index is 1.70. The number of nitrogens with zero attached hydrogens (tertiary/aromatic N) is 5. The van der Waals surface area contributed by atoms with Gasteiger partial charge < -0.3 is 9.64 Å². The number of ether oxygens (including phenoxy) is 1. The zero-order chi connectivity index (χ0) is 16.9. The van der Waals surface area contributed by atoms with Crippen molar-refractivity contribution in [3.05, 3.63) is 47.6 Å². The van der Waals surface area contributed by atoms with Crippen LogP contribution in [0.25, 0.3) is 0 Å². The van der Waals surface area contributed by atoms with E-state index in [-0.39, 0.29) is 11.9 Å². The molecule has 0 unspecified atom stereocenters. The van der Waals surface area contributed by atoms with Crippen LogP contribution < -0.4 is 0 Å². The molecule has 1 aliphatic rings. The molecule has 3 heterocycles. The minimum Gasteiger partial charge on any atom is -0.377 e. The van der Waals surface area contributed by atoms with E-state index >= 15 is 0 Å². The molecule has 1 atom stereocenters. The molecule has 0 radical (unpaired) electrons. The second-order valence-electron chi connectivity index (χ2n) is 5.90. The first-order valence-electron chi connectivity index (χ1n) is 8.09. The molecule has 0 saturated carbocycles. The van der Waals surface area contributed by atoms with Crippen molar-refractivity contribution in [2.75, 3.05) is 19.8 Å². The van der Waals surface area contributed by atoms with Crippen molar-refractivity contribution in [1.82, 2.24) is 24.8 Å². The van der Waals surface area contributed by atoms with Crippen LogP contribution in [0.2, 0.25) is 0 Å². The van der Waals surface area contributed by atoms with Crippen LogP contribution in [0.3, 0.4) is 0 Å². The van der Waals surface area contributed by atoms with Gasteiger partial charge in [-0.1, -0.05) is 0 Å². The third-order valence-electron chi connectivity index (χ3n) is 4.19. The molecular formula is C17H21N5O2. The SMILES string of the molecule is Cc1cnc(C(=O)N2CCOC[C@@H]2CCc2nccnc2C)cn1. The van der Waals surface area contributed by atoms with Gasteiger partial charge in [0, 0.05) is 25.1 Å². The molecule has 0 aromatic carbocycles. The molecule has 2 aromatic rings. The van der Waals surface area contributed by atoms with Crippen LogP contribution in [0.4, 0.5) is 0 Å². The van der Waals surface area contributed by atoms with E-state index in [0.29, 0.717) is 25.5 Å². The van der Waals surface area contributed by atoms with E-state index < -0.39 is 0 Å². The Kier molecular flexibility index (Phi) is 5.10. The Morgan fingerprint density at radius 3 is 2.79 bits per heavy atom. The van der Waals surface area contributed by atoms with Gasteiger partial charge in [0.1, 0.15) is 5.69 Å². The highest BCUT2D eigenvalue weighted by atomic mass is 16.5. The summed E-state index contributed by atoms with van der Waals surface area (Å²) in [4.78, 5) is 31.6. The molecule has 0 spiro atoms. The number of hydrogen-bond acceptors (Lipinski definition) is 6. The van der Waals surface area contributed by atoms with Gasteiger partial charge in [-0.05, 0) is 26.7 Å². The first-order chi connectivity index (χ1) is 11.6. The Morgan fingerprint density at radius 2 is 2.04 bits per heavy atom. The van der Waals surface area contributed by atoms with Crippen LogP contribution in [0, 0.1) is 13.8 Å². The van der Waals surface area contributed by atoms with Crippen molar-refractivity contribution in [3.8, 4) is 0 Å². The largest absolute Gasteiger partial charge is 0.377 e. The maximum Gasteiger partial charge on any atom is 0.274 e. The molecule has 1 fully saturated rings. The fourth-order valence-corrected chi connectivity index (χ4v) is 2.80. The zero-order valence-corrected chi connectivity index (χ0v) is 14.0. The molecule has 0 bridgehead atoms. The van der Waals surface area contributed by atoms with E-state index in [2.05, 4.69) is 19.9 Å². The number of rotatable bonds is 4. The average molecular weight is 327 g/mol. The molecule has 7 heteroatoms. The van der Waals surface area contributed by atoms with Gasteiger partial charge in [0.25, 0.3) is 5.91 Å². The summed E-state index contributed by atoms with van der Waals surface area (Å²) in [7, 11) is 0. The maximum atomic E-state index is 12.7. The zero-order valence-electron chi connectivity index (χ0n) is 14.0. The predicted molar refractivity (Wildman–Crippen MR) is 87.5 cm³/mol. The standard InChI is InChI=1S/C17H21N5O2/c1-12-9-21-16(10-20-12)17(23)22-7-8-24-11-14(22)3-4-15-13(2)18-5-6-19-15/h5-6,9-10,14H,3-4,7-8,11H2,1-2H3/t14-/m0/s1. The average Bonchev–Trinajstić information content (AvgIpc) is 2.61. The number of carbonyl (C=O) groups excluding carboxylic acids is 1. The molecule has 1 saturated heterocycles. The Bertz CT molecular complexity index is 704. The van der Waals surface area contributed by atoms with E-state index in [4.69, 9.17) is 4.74 Å². The van der Waals surface area contributed by atoms with Crippen molar-refractivity contribution >= 4 is 5.91 Å². The summed E-state index contributed by atoms with van der Waals surface area (Å²) in [5.41, 5.74) is 3.06. The Labute approximate surface area is 141 Å². The van der Waals surface area contributed by atoms with Gasteiger partial charge in [0.15, 0.2) is 0 Å². The van der Waals surface area contributed by atoms with Crippen LogP contribution in [0.15, 0.2) is 24.8 Å². The summed E-state index contributed by atoms with van der Waals surface area (Å²) >= 11 is 0. The smallest absolute Gasteiger partial charge is 0.274 e. The molecule has 2 aromatic heterocycles. The number of hydrogen-bond donors (Lipinski definition) is 0. The van der Waals surface area contributed by atoms with Crippen LogP contribution >= 0.6 is 0 Å². The van der Waals surface area contributed by atoms with Crippen LogP contribution in [0.1, 0.15) is 34.0 Å². The minimum atomic E-state index is -0.0910. The van der Waals surface area contributed by atoms with Crippen molar-refractivity contribution < 1.29 is 9.53 Å². The minimum absolute atomic E-state index is 0.00996. The third kappa shape index (κ3) is 3.73. The quantitative estimate of drug-likeness (QED) is 0.843. The van der Waals surface area contributed by atoms with E-state index in [1.54, 1.807) is 18.6 Å². The fraction of sp³-hybridized carbons (Fsp3) is 0.471. The fourth-order valence-electron chi connectivity index (χ4n) is 2.80. The lowest BCUT2D eigenvalue weighted by molar-refractivity contribution is -0.00447. The van der Waals surface area contributed by atoms with E-state index in [0.717, 1.165) is 29.9 Å². The molecule has 0 aliphatic carbocycles. The third-order valence-corrected chi connectivity index (χ3v) is 4.19. The van der Waals surface area contributed by atoms with E-state index in [1.807, 2.05) is 18.7 Å². The monoisotopic (exact) mass is 327 g/mol. The number of carbonyl (C=O) groups is 1. The second-order valence-corrected chi connectivity index (χ2v) is 5.90. The molecule has 126 valence electrons. The number of morpholine rings is 1. The van der Waals surface area contributed by atoms with Gasteiger partial charge in [-0.25, -0.2) is 4.98 Å². The predicted octanol–water partition coefficient (Wildman–Crippen LogP) is 1.36. The van der Waals surface area contributed by atoms with E-state index in [9.17, 15) is 4.79 Å². The maximum absolute atomic E-state index is 12.7. The summed E-state index contributed by atoms with van der Waals surface area (Å²) in [6.45, 7) is 5.45. The topological polar surface area (TPSA) is 81.1 Å². The van der Waals surface area contributed by atoms with Crippen LogP contribution in [-0.4, -0.2) is 56.5 Å². The summed E-state index contributed by atoms with van der Waals surface area (Å²) in [6, 6.07) is 0.00996. The molecule has 1 aliphatic heterocycles. The van der Waals surface area contributed by atoms with Gasteiger partial charge in [-0.3, -0.25) is 19.7 Å². The Hall–Kier alpha value is -2.41. The summed E-state index contributed by atoms with van der Waals surface area (Å²) < 4.78 is 5.57.